The van der Waals surface area contributed by atoms with E-state index in [1.54, 1.807) is 30.7 Å². The molecule has 0 aliphatic heterocycles. The number of hydrogen-bond acceptors (Lipinski definition) is 3. The summed E-state index contributed by atoms with van der Waals surface area (Å²) in [6.07, 6.45) is 1.82. The Labute approximate surface area is 119 Å². The average Bonchev–Trinajstić information content (AvgIpc) is 2.34. The summed E-state index contributed by atoms with van der Waals surface area (Å²) in [6.45, 7) is 5.86. The topological polar surface area (TPSA) is 66.8 Å². The zero-order valence-electron chi connectivity index (χ0n) is 12.5. The van der Waals surface area contributed by atoms with E-state index in [0.29, 0.717) is 0 Å². The van der Waals surface area contributed by atoms with E-state index in [1.807, 2.05) is 20.8 Å². The maximum Gasteiger partial charge on any atom is 0.324 e. The molecule has 0 fully saturated rings. The molecule has 1 aromatic rings. The molecule has 0 aromatic heterocycles. The second-order valence-electron chi connectivity index (χ2n) is 5.62. The minimum Gasteiger partial charge on any atom is -0.520 e. The molecule has 6 heteroatoms. The van der Waals surface area contributed by atoms with Gasteiger partial charge in [0, 0.05) is 6.42 Å². The van der Waals surface area contributed by atoms with Crippen LogP contribution in [0.2, 0.25) is 0 Å². The third kappa shape index (κ3) is 5.63. The molecule has 0 spiro atoms. The first-order valence-corrected chi connectivity index (χ1v) is 6.34. The Morgan fingerprint density at radius 3 is 2.24 bits per heavy atom. The second kappa shape index (κ2) is 6.93. The van der Waals surface area contributed by atoms with Crippen molar-refractivity contribution in [1.29, 1.82) is 0 Å². The summed E-state index contributed by atoms with van der Waals surface area (Å²) in [7, 11) is 1.41. The van der Waals surface area contributed by atoms with Crippen LogP contribution in [0, 0.1) is 0 Å². The number of nitrogens with zero attached hydrogens (tertiary/aromatic N) is 1. The summed E-state index contributed by atoms with van der Waals surface area (Å²) < 4.78 is 5.69. The number of carboxylic acids is 1. The minimum atomic E-state index is -1.05. The molecule has 0 radical (unpaired) electrons. The Balaban J connectivity index is 0.00000400. The number of carboxylic acid groups (broad SMARTS) is 1. The summed E-state index contributed by atoms with van der Waals surface area (Å²) >= 11 is 0. The Kier molecular flexibility index (Phi) is 5.93. The maximum absolute atomic E-state index is 11.1. The van der Waals surface area contributed by atoms with E-state index >= 15 is 0 Å². The van der Waals surface area contributed by atoms with Crippen molar-refractivity contribution in [3.05, 3.63) is 29.8 Å². The summed E-state index contributed by atoms with van der Waals surface area (Å²) in [6, 6.07) is 6.28. The zero-order chi connectivity index (χ0) is 15.3. The largest absolute Gasteiger partial charge is 0.520 e. The minimum absolute atomic E-state index is 0. The van der Waals surface area contributed by atoms with Crippen molar-refractivity contribution in [3.8, 4) is 5.75 Å². The zero-order valence-corrected chi connectivity index (χ0v) is 14.9. The molecule has 1 unspecified atom stereocenters. The predicted molar refractivity (Wildman–Crippen MR) is 75.4 cm³/mol. The van der Waals surface area contributed by atoms with Gasteiger partial charge in [-0.05, 0) is 45.5 Å². The number of rotatable bonds is 6. The molecule has 1 amide bonds. The number of amides is 1. The molecular formula is C15H20FmNO4-. The van der Waals surface area contributed by atoms with Gasteiger partial charge in [0.2, 0.25) is 0 Å². The van der Waals surface area contributed by atoms with E-state index < -0.39 is 12.0 Å². The average molecular weight is 535 g/mol. The van der Waals surface area contributed by atoms with Crippen molar-refractivity contribution in [2.75, 3.05) is 7.05 Å². The predicted octanol–water partition coefficient (Wildman–Crippen LogP) is 1.86. The number of likely N-dealkylation sites (N-methyl/N-ethyl adjacent to an activating group) is 1. The van der Waals surface area contributed by atoms with E-state index in [0.717, 1.165) is 16.2 Å². The van der Waals surface area contributed by atoms with Crippen LogP contribution >= 0.6 is 0 Å². The van der Waals surface area contributed by atoms with Gasteiger partial charge in [0.1, 0.15) is 17.4 Å². The Morgan fingerprint density at radius 2 is 1.86 bits per heavy atom. The summed E-state index contributed by atoms with van der Waals surface area (Å²) in [5, 5.41) is 9.10. The van der Waals surface area contributed by atoms with Crippen LogP contribution in [-0.4, -0.2) is 41.1 Å². The van der Waals surface area contributed by atoms with Crippen LogP contribution < -0.4 is 4.74 Å². The van der Waals surface area contributed by atoms with Gasteiger partial charge in [-0.15, -0.1) is 0 Å². The molecule has 0 aliphatic carbocycles. The van der Waals surface area contributed by atoms with Crippen LogP contribution in [-0.2, 0) is 16.0 Å². The monoisotopic (exact) mass is 535 g/mol. The van der Waals surface area contributed by atoms with Gasteiger partial charge in [0.25, 0.3) is 0 Å². The Morgan fingerprint density at radius 1 is 1.33 bits per heavy atom. The van der Waals surface area contributed by atoms with E-state index in [9.17, 15) is 9.59 Å². The molecule has 0 saturated heterocycles. The fraction of sp³-hybridized carbons (Fsp3) is 0.467. The second-order valence-corrected chi connectivity index (χ2v) is 5.62. The number of carbonyl (C=O) groups excluding carboxylic acids is 1. The van der Waals surface area contributed by atoms with Crippen molar-refractivity contribution < 1.29 is 19.4 Å². The number of ether oxygens (including phenoxy) is 1. The van der Waals surface area contributed by atoms with Gasteiger partial charge in [-0.2, -0.15) is 6.41 Å². The van der Waals surface area contributed by atoms with Gasteiger partial charge in [-0.1, -0.05) is 12.1 Å². The number of hydrogen-bond donors (Lipinski definition) is 1. The standard InChI is InChI=1S/C15H20NO4.Fm/c1-15(2,3)20-12-7-5-11(6-8-12)9-13(14(18)19)16(4)10-17;/h5-8,13H,9H2,1-4H3,(H,18,19);/q-1;. The van der Waals surface area contributed by atoms with Crippen LogP contribution in [0.5, 0.6) is 5.75 Å². The molecule has 122 valence electrons. The van der Waals surface area contributed by atoms with Gasteiger partial charge in [0.05, 0.1) is 0 Å². The third-order valence-electron chi connectivity index (χ3n) is 2.67. The van der Waals surface area contributed by atoms with Crippen molar-refractivity contribution in [1.82, 2.24) is 4.90 Å². The first-order chi connectivity index (χ1) is 9.23. The van der Waals surface area contributed by atoms with Crippen LogP contribution in [0.3, 0.4) is 0 Å². The van der Waals surface area contributed by atoms with Gasteiger partial charge in [0.15, 0.2) is 0 Å². The molecule has 1 rings (SSSR count). The third-order valence-corrected chi connectivity index (χ3v) is 2.67. The number of carbonyl (C=O) groups is 1. The molecule has 1 atom stereocenters. The molecule has 1 N–H and O–H groups in total. The van der Waals surface area contributed by atoms with Crippen LogP contribution in [0.4, 0.5) is 0 Å². The number of benzene rings is 1. The van der Waals surface area contributed by atoms with Crippen LogP contribution in [0.25, 0.3) is 0 Å². The molecule has 1 aromatic carbocycles. The van der Waals surface area contributed by atoms with Crippen molar-refractivity contribution in [2.24, 2.45) is 0 Å². The fourth-order valence-electron chi connectivity index (χ4n) is 1.72. The maximum atomic E-state index is 11.1. The van der Waals surface area contributed by atoms with E-state index in [2.05, 4.69) is 0 Å². The molecule has 0 saturated carbocycles. The van der Waals surface area contributed by atoms with Gasteiger partial charge >= 0.3 is 5.97 Å². The first-order valence-electron chi connectivity index (χ1n) is 6.34. The van der Waals surface area contributed by atoms with E-state index in [-0.39, 0.29) is 12.0 Å². The Bertz CT molecular complexity index is 468. The smallest absolute Gasteiger partial charge is 0.324 e. The summed E-state index contributed by atoms with van der Waals surface area (Å²) in [4.78, 5) is 22.7. The van der Waals surface area contributed by atoms with Gasteiger partial charge < -0.3 is 19.5 Å². The van der Waals surface area contributed by atoms with Crippen molar-refractivity contribution in [2.45, 2.75) is 38.8 Å². The molecule has 21 heavy (non-hydrogen) atoms. The first kappa shape index (κ1) is 18.0. The SMILES string of the molecule is CN([C-]=O)C(Cc1ccc(OC(C)(C)C)cc1)C(=O)O.[Fm]. The molecular weight excluding hydrogens is 515 g/mol. The summed E-state index contributed by atoms with van der Waals surface area (Å²) in [5.41, 5.74) is 0.540. The van der Waals surface area contributed by atoms with Crippen molar-refractivity contribution in [3.63, 3.8) is 0 Å². The molecule has 0 aliphatic rings. The van der Waals surface area contributed by atoms with E-state index in [4.69, 9.17) is 9.84 Å². The van der Waals surface area contributed by atoms with E-state index in [1.165, 1.54) is 7.05 Å². The number of aliphatic carboxylic acids is 1. The molecule has 0 heterocycles. The normalized spacial score (nSPS) is 12.0. The molecule has 0 bridgehead atoms. The Hall–Kier alpha value is -3.04. The summed E-state index contributed by atoms with van der Waals surface area (Å²) in [5.74, 6) is -0.325. The molecule has 5 nitrogen and oxygen atoms in total. The van der Waals surface area contributed by atoms with Crippen molar-refractivity contribution >= 4 is 12.4 Å². The van der Waals surface area contributed by atoms with Crippen LogP contribution in [0.15, 0.2) is 24.3 Å². The van der Waals surface area contributed by atoms with Gasteiger partial charge in [-0.3, -0.25) is 4.79 Å². The van der Waals surface area contributed by atoms with Gasteiger partial charge in [-0.25, -0.2) is 0 Å². The quantitative estimate of drug-likeness (QED) is 0.447. The van der Waals surface area contributed by atoms with Crippen LogP contribution in [0.1, 0.15) is 26.3 Å². The fourth-order valence-corrected chi connectivity index (χ4v) is 1.72.